The van der Waals surface area contributed by atoms with Crippen molar-refractivity contribution >= 4 is 33.4 Å². The van der Waals surface area contributed by atoms with Gasteiger partial charge < -0.3 is 15.2 Å². The molecule has 1 aromatic carbocycles. The van der Waals surface area contributed by atoms with Crippen molar-refractivity contribution in [2.24, 2.45) is 0 Å². The summed E-state index contributed by atoms with van der Waals surface area (Å²) in [7, 11) is 1.56. The molecular weight excluding hydrogens is 314 g/mol. The van der Waals surface area contributed by atoms with Gasteiger partial charge in [-0.3, -0.25) is 4.98 Å². The molecule has 0 bridgehead atoms. The lowest BCUT2D eigenvalue weighted by Crippen LogP contribution is -2.04. The number of aromatic carboxylic acids is 1. The first-order valence-electron chi connectivity index (χ1n) is 5.26. The average Bonchev–Trinajstić information content (AvgIpc) is 2.41. The summed E-state index contributed by atoms with van der Waals surface area (Å²) < 4.78 is 5.99. The summed E-state index contributed by atoms with van der Waals surface area (Å²) in [6.45, 7) is 0. The normalized spacial score (nSPS) is 10.0. The summed E-state index contributed by atoms with van der Waals surface area (Å²) in [4.78, 5) is 18.5. The number of nitrogens with one attached hydrogen (secondary N) is 1. The summed E-state index contributed by atoms with van der Waals surface area (Å²) in [5.41, 5.74) is 0.603. The minimum Gasteiger partial charge on any atom is -0.495 e. The van der Waals surface area contributed by atoms with Crippen LogP contribution in [-0.2, 0) is 0 Å². The van der Waals surface area contributed by atoms with E-state index in [0.717, 1.165) is 10.2 Å². The number of carboxylic acid groups (broad SMARTS) is 1. The molecule has 98 valence electrons. The van der Waals surface area contributed by atoms with Crippen LogP contribution >= 0.6 is 15.9 Å². The first-order chi connectivity index (χ1) is 9.10. The van der Waals surface area contributed by atoms with Crippen LogP contribution in [0, 0.1) is 0 Å². The maximum atomic E-state index is 10.8. The molecule has 0 aliphatic rings. The minimum absolute atomic E-state index is 0.117. The Bertz CT molecular complexity index is 619. The Morgan fingerprint density at radius 1 is 1.42 bits per heavy atom. The number of hydrogen-bond acceptors (Lipinski definition) is 5. The smallest absolute Gasteiger partial charge is 0.356 e. The number of halogens is 1. The standard InChI is InChI=1S/C12H10BrN3O3/c1-19-10-4-7(2-3-8(10)13)15-11-6-14-5-9(16-11)12(17)18/h2-6H,1H3,(H,15,16)(H,17,18). The number of ether oxygens (including phenoxy) is 1. The molecule has 2 aromatic rings. The third-order valence-corrected chi connectivity index (χ3v) is 2.93. The fourth-order valence-electron chi connectivity index (χ4n) is 1.41. The first-order valence-corrected chi connectivity index (χ1v) is 6.05. The lowest BCUT2D eigenvalue weighted by Gasteiger charge is -2.08. The molecule has 19 heavy (non-hydrogen) atoms. The number of anilines is 2. The third kappa shape index (κ3) is 3.19. The molecule has 0 fully saturated rings. The van der Waals surface area contributed by atoms with Crippen molar-refractivity contribution in [3.8, 4) is 5.75 Å². The highest BCUT2D eigenvalue weighted by molar-refractivity contribution is 9.10. The molecule has 1 heterocycles. The summed E-state index contributed by atoms with van der Waals surface area (Å²) in [5, 5.41) is 11.8. The molecule has 0 aliphatic carbocycles. The lowest BCUT2D eigenvalue weighted by molar-refractivity contribution is 0.0690. The van der Waals surface area contributed by atoms with Gasteiger partial charge >= 0.3 is 5.97 Å². The van der Waals surface area contributed by atoms with Crippen molar-refractivity contribution in [2.75, 3.05) is 12.4 Å². The molecule has 1 aromatic heterocycles. The van der Waals surface area contributed by atoms with E-state index >= 15 is 0 Å². The Hall–Kier alpha value is -2.15. The topological polar surface area (TPSA) is 84.3 Å². The largest absolute Gasteiger partial charge is 0.495 e. The summed E-state index contributed by atoms with van der Waals surface area (Å²) >= 11 is 3.35. The molecule has 0 aliphatic heterocycles. The molecule has 2 rings (SSSR count). The summed E-state index contributed by atoms with van der Waals surface area (Å²) in [5.74, 6) is -0.110. The van der Waals surface area contributed by atoms with E-state index in [1.165, 1.54) is 12.4 Å². The van der Waals surface area contributed by atoms with Gasteiger partial charge in [0, 0.05) is 11.8 Å². The fraction of sp³-hybridized carbons (Fsp3) is 0.0833. The molecule has 0 unspecified atom stereocenters. The van der Waals surface area contributed by atoms with Crippen LogP contribution in [0.4, 0.5) is 11.5 Å². The van der Waals surface area contributed by atoms with E-state index in [-0.39, 0.29) is 5.69 Å². The van der Waals surface area contributed by atoms with Crippen LogP contribution < -0.4 is 10.1 Å². The minimum atomic E-state index is -1.12. The molecule has 0 radical (unpaired) electrons. The van der Waals surface area contributed by atoms with Crippen LogP contribution in [0.2, 0.25) is 0 Å². The van der Waals surface area contributed by atoms with Gasteiger partial charge in [-0.05, 0) is 28.1 Å². The van der Waals surface area contributed by atoms with Crippen molar-refractivity contribution in [1.29, 1.82) is 0 Å². The van der Waals surface area contributed by atoms with Crippen LogP contribution in [0.15, 0.2) is 35.1 Å². The number of nitrogens with zero attached hydrogens (tertiary/aromatic N) is 2. The van der Waals surface area contributed by atoms with Crippen molar-refractivity contribution in [3.05, 3.63) is 40.8 Å². The Morgan fingerprint density at radius 2 is 2.21 bits per heavy atom. The van der Waals surface area contributed by atoms with Gasteiger partial charge in [0.25, 0.3) is 0 Å². The van der Waals surface area contributed by atoms with Crippen LogP contribution in [0.1, 0.15) is 10.5 Å². The zero-order chi connectivity index (χ0) is 13.8. The zero-order valence-corrected chi connectivity index (χ0v) is 11.5. The highest BCUT2D eigenvalue weighted by atomic mass is 79.9. The average molecular weight is 324 g/mol. The highest BCUT2D eigenvalue weighted by Gasteiger charge is 2.07. The summed E-state index contributed by atoms with van der Waals surface area (Å²) in [6.07, 6.45) is 2.64. The number of carboxylic acids is 1. The van der Waals surface area contributed by atoms with Crippen LogP contribution in [-0.4, -0.2) is 28.2 Å². The predicted molar refractivity (Wildman–Crippen MR) is 73.0 cm³/mol. The molecule has 0 atom stereocenters. The third-order valence-electron chi connectivity index (χ3n) is 2.28. The zero-order valence-electron chi connectivity index (χ0n) is 9.92. The van der Waals surface area contributed by atoms with E-state index in [1.807, 2.05) is 12.1 Å². The predicted octanol–water partition coefficient (Wildman–Crippen LogP) is 2.69. The SMILES string of the molecule is COc1cc(Nc2cncc(C(=O)O)n2)ccc1Br. The number of rotatable bonds is 4. The second-order valence-electron chi connectivity index (χ2n) is 3.57. The Labute approximate surface area is 117 Å². The van der Waals surface area contributed by atoms with Crippen molar-refractivity contribution in [2.45, 2.75) is 0 Å². The van der Waals surface area contributed by atoms with Crippen molar-refractivity contribution in [3.63, 3.8) is 0 Å². The molecule has 0 spiro atoms. The Kier molecular flexibility index (Phi) is 3.96. The number of aromatic nitrogens is 2. The lowest BCUT2D eigenvalue weighted by atomic mass is 10.3. The summed E-state index contributed by atoms with van der Waals surface area (Å²) in [6, 6.07) is 5.39. The van der Waals surface area contributed by atoms with Gasteiger partial charge in [-0.15, -0.1) is 0 Å². The maximum absolute atomic E-state index is 10.8. The highest BCUT2D eigenvalue weighted by Crippen LogP contribution is 2.28. The first kappa shape index (κ1) is 13.3. The Morgan fingerprint density at radius 3 is 2.89 bits per heavy atom. The van der Waals surface area contributed by atoms with Crippen LogP contribution in [0.5, 0.6) is 5.75 Å². The molecular formula is C12H10BrN3O3. The molecule has 0 saturated heterocycles. The molecule has 7 heteroatoms. The molecule has 0 saturated carbocycles. The maximum Gasteiger partial charge on any atom is 0.356 e. The fourth-order valence-corrected chi connectivity index (χ4v) is 1.82. The van der Waals surface area contributed by atoms with Gasteiger partial charge in [0.15, 0.2) is 5.69 Å². The second-order valence-corrected chi connectivity index (χ2v) is 4.42. The number of carbonyl (C=O) groups is 1. The van der Waals surface area contributed by atoms with Gasteiger partial charge in [0.1, 0.15) is 11.6 Å². The van der Waals surface area contributed by atoms with E-state index in [4.69, 9.17) is 9.84 Å². The molecule has 2 N–H and O–H groups in total. The van der Waals surface area contributed by atoms with E-state index in [0.29, 0.717) is 11.6 Å². The van der Waals surface area contributed by atoms with E-state index in [9.17, 15) is 4.79 Å². The van der Waals surface area contributed by atoms with Gasteiger partial charge in [0.05, 0.1) is 24.0 Å². The quantitative estimate of drug-likeness (QED) is 0.899. The number of hydrogen-bond donors (Lipinski definition) is 2. The monoisotopic (exact) mass is 323 g/mol. The van der Waals surface area contributed by atoms with Gasteiger partial charge in [0.2, 0.25) is 0 Å². The molecule has 0 amide bonds. The van der Waals surface area contributed by atoms with Gasteiger partial charge in [-0.25, -0.2) is 9.78 Å². The van der Waals surface area contributed by atoms with Gasteiger partial charge in [-0.2, -0.15) is 0 Å². The van der Waals surface area contributed by atoms with E-state index < -0.39 is 5.97 Å². The van der Waals surface area contributed by atoms with Crippen LogP contribution in [0.25, 0.3) is 0 Å². The van der Waals surface area contributed by atoms with E-state index in [1.54, 1.807) is 13.2 Å². The second kappa shape index (κ2) is 5.66. The van der Waals surface area contributed by atoms with Crippen LogP contribution in [0.3, 0.4) is 0 Å². The van der Waals surface area contributed by atoms with E-state index in [2.05, 4.69) is 31.2 Å². The number of methoxy groups -OCH3 is 1. The van der Waals surface area contributed by atoms with Crippen molar-refractivity contribution in [1.82, 2.24) is 9.97 Å². The number of benzene rings is 1. The molecule has 6 nitrogen and oxygen atoms in total. The van der Waals surface area contributed by atoms with Gasteiger partial charge in [-0.1, -0.05) is 0 Å². The van der Waals surface area contributed by atoms with Crippen molar-refractivity contribution < 1.29 is 14.6 Å². The Balaban J connectivity index is 2.26.